The SMILES string of the molecule is Cc1nc(C)c(C(=O)NC2CCN(CC#N)CC2)o1. The molecular formula is C13H18N4O2. The van der Waals surface area contributed by atoms with E-state index in [9.17, 15) is 4.79 Å². The molecule has 0 radical (unpaired) electrons. The van der Waals surface area contributed by atoms with Crippen LogP contribution in [0.15, 0.2) is 4.42 Å². The van der Waals surface area contributed by atoms with Crippen LogP contribution in [-0.4, -0.2) is 41.5 Å². The van der Waals surface area contributed by atoms with Crippen molar-refractivity contribution in [3.05, 3.63) is 17.3 Å². The molecule has 0 saturated carbocycles. The fraction of sp³-hybridized carbons (Fsp3) is 0.615. The number of nitrogens with zero attached hydrogens (tertiary/aromatic N) is 3. The number of amides is 1. The molecule has 1 aliphatic rings. The lowest BCUT2D eigenvalue weighted by Crippen LogP contribution is -2.44. The summed E-state index contributed by atoms with van der Waals surface area (Å²) in [4.78, 5) is 18.2. The molecule has 1 amide bonds. The number of oxazole rings is 1. The molecule has 1 aliphatic heterocycles. The van der Waals surface area contributed by atoms with Crippen molar-refractivity contribution >= 4 is 5.91 Å². The largest absolute Gasteiger partial charge is 0.436 e. The molecule has 6 heteroatoms. The van der Waals surface area contributed by atoms with Crippen LogP contribution < -0.4 is 5.32 Å². The average Bonchev–Trinajstić information content (AvgIpc) is 2.71. The molecule has 2 rings (SSSR count). The summed E-state index contributed by atoms with van der Waals surface area (Å²) < 4.78 is 5.30. The number of carbonyl (C=O) groups excluding carboxylic acids is 1. The number of carbonyl (C=O) groups is 1. The minimum Gasteiger partial charge on any atom is -0.436 e. The van der Waals surface area contributed by atoms with Crippen molar-refractivity contribution in [1.29, 1.82) is 5.26 Å². The van der Waals surface area contributed by atoms with Crippen molar-refractivity contribution < 1.29 is 9.21 Å². The van der Waals surface area contributed by atoms with E-state index in [1.807, 2.05) is 0 Å². The van der Waals surface area contributed by atoms with E-state index in [0.29, 0.717) is 23.9 Å². The molecule has 0 aliphatic carbocycles. The van der Waals surface area contributed by atoms with Crippen molar-refractivity contribution in [3.63, 3.8) is 0 Å². The third-order valence-electron chi connectivity index (χ3n) is 3.33. The molecule has 0 unspecified atom stereocenters. The van der Waals surface area contributed by atoms with E-state index < -0.39 is 0 Å². The van der Waals surface area contributed by atoms with E-state index in [-0.39, 0.29) is 11.9 Å². The number of nitriles is 1. The fourth-order valence-electron chi connectivity index (χ4n) is 2.33. The third kappa shape index (κ3) is 3.32. The lowest BCUT2D eigenvalue weighted by atomic mass is 10.0. The molecule has 2 heterocycles. The summed E-state index contributed by atoms with van der Waals surface area (Å²) in [6.07, 6.45) is 1.72. The zero-order valence-corrected chi connectivity index (χ0v) is 11.3. The maximum Gasteiger partial charge on any atom is 0.289 e. The number of likely N-dealkylation sites (tertiary alicyclic amines) is 1. The predicted octanol–water partition coefficient (Wildman–Crippen LogP) is 1.01. The van der Waals surface area contributed by atoms with Crippen LogP contribution in [0.3, 0.4) is 0 Å². The Morgan fingerprint density at radius 1 is 1.53 bits per heavy atom. The molecule has 0 atom stereocenters. The summed E-state index contributed by atoms with van der Waals surface area (Å²) in [5.41, 5.74) is 0.622. The second-order valence-corrected chi connectivity index (χ2v) is 4.83. The van der Waals surface area contributed by atoms with Gasteiger partial charge in [-0.2, -0.15) is 5.26 Å². The van der Waals surface area contributed by atoms with Crippen LogP contribution in [0, 0.1) is 25.2 Å². The number of nitrogens with one attached hydrogen (secondary N) is 1. The van der Waals surface area contributed by atoms with Crippen LogP contribution in [0.4, 0.5) is 0 Å². The summed E-state index contributed by atoms with van der Waals surface area (Å²) in [7, 11) is 0. The van der Waals surface area contributed by atoms with Crippen LogP contribution in [0.5, 0.6) is 0 Å². The minimum atomic E-state index is -0.197. The molecule has 1 aromatic rings. The molecule has 1 saturated heterocycles. The van der Waals surface area contributed by atoms with Gasteiger partial charge in [-0.1, -0.05) is 0 Å². The first-order valence-corrected chi connectivity index (χ1v) is 6.44. The number of aryl methyl sites for hydroxylation is 2. The van der Waals surface area contributed by atoms with Crippen LogP contribution >= 0.6 is 0 Å². The normalized spacial score (nSPS) is 17.1. The highest BCUT2D eigenvalue weighted by Gasteiger charge is 2.23. The number of aromatic nitrogens is 1. The first kappa shape index (κ1) is 13.6. The third-order valence-corrected chi connectivity index (χ3v) is 3.33. The molecule has 0 bridgehead atoms. The van der Waals surface area contributed by atoms with Gasteiger partial charge in [-0.3, -0.25) is 9.69 Å². The molecule has 6 nitrogen and oxygen atoms in total. The second kappa shape index (κ2) is 5.85. The van der Waals surface area contributed by atoms with Crippen molar-refractivity contribution in [2.75, 3.05) is 19.6 Å². The maximum atomic E-state index is 12.0. The summed E-state index contributed by atoms with van der Waals surface area (Å²) in [5.74, 6) is 0.611. The van der Waals surface area contributed by atoms with E-state index in [2.05, 4.69) is 21.3 Å². The average molecular weight is 262 g/mol. The minimum absolute atomic E-state index is 0.146. The van der Waals surface area contributed by atoms with Gasteiger partial charge in [0, 0.05) is 26.1 Å². The van der Waals surface area contributed by atoms with Crippen molar-refractivity contribution in [2.24, 2.45) is 0 Å². The highest BCUT2D eigenvalue weighted by Crippen LogP contribution is 2.13. The Morgan fingerprint density at radius 2 is 2.21 bits per heavy atom. The summed E-state index contributed by atoms with van der Waals surface area (Å²) in [5, 5.41) is 11.6. The summed E-state index contributed by atoms with van der Waals surface area (Å²) in [6, 6.07) is 2.29. The molecule has 1 fully saturated rings. The molecule has 19 heavy (non-hydrogen) atoms. The van der Waals surface area contributed by atoms with Gasteiger partial charge in [0.15, 0.2) is 5.89 Å². The Hall–Kier alpha value is -1.87. The van der Waals surface area contributed by atoms with E-state index in [4.69, 9.17) is 9.68 Å². The second-order valence-electron chi connectivity index (χ2n) is 4.83. The van der Waals surface area contributed by atoms with E-state index in [1.165, 1.54) is 0 Å². The highest BCUT2D eigenvalue weighted by atomic mass is 16.4. The van der Waals surface area contributed by atoms with Gasteiger partial charge in [0.1, 0.15) is 0 Å². The Bertz CT molecular complexity index is 495. The number of hydrogen-bond donors (Lipinski definition) is 1. The summed E-state index contributed by atoms with van der Waals surface area (Å²) in [6.45, 7) is 5.63. The van der Waals surface area contributed by atoms with Crippen LogP contribution in [0.25, 0.3) is 0 Å². The van der Waals surface area contributed by atoms with Crippen LogP contribution in [0.2, 0.25) is 0 Å². The Labute approximate surface area is 112 Å². The van der Waals surface area contributed by atoms with Gasteiger partial charge in [0.2, 0.25) is 5.76 Å². The van der Waals surface area contributed by atoms with Gasteiger partial charge in [-0.15, -0.1) is 0 Å². The van der Waals surface area contributed by atoms with E-state index in [0.717, 1.165) is 25.9 Å². The van der Waals surface area contributed by atoms with Gasteiger partial charge in [-0.05, 0) is 19.8 Å². The van der Waals surface area contributed by atoms with E-state index >= 15 is 0 Å². The van der Waals surface area contributed by atoms with Gasteiger partial charge >= 0.3 is 0 Å². The zero-order chi connectivity index (χ0) is 13.8. The molecule has 102 valence electrons. The van der Waals surface area contributed by atoms with Gasteiger partial charge in [0.25, 0.3) is 5.91 Å². The van der Waals surface area contributed by atoms with Crippen LogP contribution in [0.1, 0.15) is 35.0 Å². The van der Waals surface area contributed by atoms with Crippen molar-refractivity contribution in [2.45, 2.75) is 32.7 Å². The van der Waals surface area contributed by atoms with Gasteiger partial charge < -0.3 is 9.73 Å². The monoisotopic (exact) mass is 262 g/mol. The first-order valence-electron chi connectivity index (χ1n) is 6.44. The lowest BCUT2D eigenvalue weighted by molar-refractivity contribution is 0.0884. The molecule has 1 N–H and O–H groups in total. The van der Waals surface area contributed by atoms with Crippen molar-refractivity contribution in [1.82, 2.24) is 15.2 Å². The fourth-order valence-corrected chi connectivity index (χ4v) is 2.33. The summed E-state index contributed by atoms with van der Waals surface area (Å²) >= 11 is 0. The lowest BCUT2D eigenvalue weighted by Gasteiger charge is -2.30. The standard InChI is InChI=1S/C13H18N4O2/c1-9-12(19-10(2)15-9)13(18)16-11-3-6-17(7-4-11)8-5-14/h11H,3-4,6-8H2,1-2H3,(H,16,18). The van der Waals surface area contributed by atoms with Gasteiger partial charge in [0.05, 0.1) is 18.3 Å². The Balaban J connectivity index is 1.88. The highest BCUT2D eigenvalue weighted by molar-refractivity contribution is 5.92. The maximum absolute atomic E-state index is 12.0. The number of hydrogen-bond acceptors (Lipinski definition) is 5. The van der Waals surface area contributed by atoms with E-state index in [1.54, 1.807) is 13.8 Å². The van der Waals surface area contributed by atoms with Crippen LogP contribution in [-0.2, 0) is 0 Å². The number of piperidine rings is 1. The van der Waals surface area contributed by atoms with Crippen molar-refractivity contribution in [3.8, 4) is 6.07 Å². The molecule has 1 aromatic heterocycles. The first-order chi connectivity index (χ1) is 9.10. The topological polar surface area (TPSA) is 82.2 Å². The molecule has 0 spiro atoms. The quantitative estimate of drug-likeness (QED) is 0.822. The smallest absolute Gasteiger partial charge is 0.289 e. The molecule has 0 aromatic carbocycles. The zero-order valence-electron chi connectivity index (χ0n) is 11.3. The van der Waals surface area contributed by atoms with Gasteiger partial charge in [-0.25, -0.2) is 4.98 Å². The predicted molar refractivity (Wildman–Crippen MR) is 68.5 cm³/mol. The Morgan fingerprint density at radius 3 is 2.74 bits per heavy atom. The number of rotatable bonds is 3. The Kier molecular flexibility index (Phi) is 4.17. The molecular weight excluding hydrogens is 244 g/mol.